The second-order valence-corrected chi connectivity index (χ2v) is 6.84. The van der Waals surface area contributed by atoms with Crippen molar-refractivity contribution in [3.05, 3.63) is 59.2 Å². The second kappa shape index (κ2) is 9.27. The fourth-order valence-electron chi connectivity index (χ4n) is 2.61. The number of carbonyl (C=O) groups excluding carboxylic acids is 1. The van der Waals surface area contributed by atoms with Crippen LogP contribution in [0.25, 0.3) is 0 Å². The molecule has 26 heavy (non-hydrogen) atoms. The number of hydrogen-bond donors (Lipinski definition) is 1. The van der Waals surface area contributed by atoms with E-state index in [0.29, 0.717) is 24.8 Å². The first kappa shape index (κ1) is 19.8. The number of amides is 1. The molecule has 0 saturated carbocycles. The highest BCUT2D eigenvalue weighted by atomic mass is 16.5. The zero-order chi connectivity index (χ0) is 19.1. The molecule has 2 rings (SSSR count). The van der Waals surface area contributed by atoms with E-state index < -0.39 is 6.10 Å². The van der Waals surface area contributed by atoms with Crippen molar-refractivity contribution in [1.82, 2.24) is 5.32 Å². The van der Waals surface area contributed by atoms with Crippen molar-refractivity contribution in [3.8, 4) is 11.5 Å². The third-order valence-electron chi connectivity index (χ3n) is 4.36. The summed E-state index contributed by atoms with van der Waals surface area (Å²) in [4.78, 5) is 12.2. The Morgan fingerprint density at radius 3 is 2.46 bits per heavy atom. The van der Waals surface area contributed by atoms with Crippen molar-refractivity contribution in [2.45, 2.75) is 46.6 Å². The van der Waals surface area contributed by atoms with Crippen LogP contribution in [0.5, 0.6) is 11.5 Å². The highest BCUT2D eigenvalue weighted by Crippen LogP contribution is 2.25. The number of aryl methyl sites for hydroxylation is 2. The van der Waals surface area contributed by atoms with E-state index in [1.54, 1.807) is 6.92 Å². The van der Waals surface area contributed by atoms with Crippen molar-refractivity contribution in [3.63, 3.8) is 0 Å². The maximum absolute atomic E-state index is 12.2. The molecular formula is C22H29NO3. The lowest BCUT2D eigenvalue weighted by atomic mass is 10.0. The predicted octanol–water partition coefficient (Wildman–Crippen LogP) is 4.39. The second-order valence-electron chi connectivity index (χ2n) is 6.84. The molecule has 4 heteroatoms. The molecular weight excluding hydrogens is 326 g/mol. The highest BCUT2D eigenvalue weighted by Gasteiger charge is 2.14. The third kappa shape index (κ3) is 5.51. The molecule has 0 spiro atoms. The molecule has 4 nitrogen and oxygen atoms in total. The molecule has 1 amide bonds. The molecule has 0 aliphatic carbocycles. The Balaban J connectivity index is 1.78. The Kier molecular flexibility index (Phi) is 7.07. The molecule has 0 aliphatic heterocycles. The Hall–Kier alpha value is -2.49. The zero-order valence-corrected chi connectivity index (χ0v) is 16.3. The summed E-state index contributed by atoms with van der Waals surface area (Å²) in [5, 5.41) is 2.86. The van der Waals surface area contributed by atoms with E-state index in [2.05, 4.69) is 25.2 Å². The van der Waals surface area contributed by atoms with E-state index >= 15 is 0 Å². The number of carbonyl (C=O) groups is 1. The van der Waals surface area contributed by atoms with Gasteiger partial charge in [0.25, 0.3) is 5.91 Å². The van der Waals surface area contributed by atoms with Gasteiger partial charge in [-0.1, -0.05) is 38.1 Å². The highest BCUT2D eigenvalue weighted by molar-refractivity contribution is 5.80. The fraction of sp³-hybridized carbons (Fsp3) is 0.409. The maximum Gasteiger partial charge on any atom is 0.260 e. The van der Waals surface area contributed by atoms with Crippen LogP contribution < -0.4 is 14.8 Å². The Morgan fingerprint density at radius 1 is 1.04 bits per heavy atom. The molecule has 0 bridgehead atoms. The minimum atomic E-state index is -0.556. The van der Waals surface area contributed by atoms with Crippen LogP contribution in [0.15, 0.2) is 42.5 Å². The molecule has 2 aromatic carbocycles. The molecule has 0 radical (unpaired) electrons. The summed E-state index contributed by atoms with van der Waals surface area (Å²) in [6.45, 7) is 11.0. The fourth-order valence-corrected chi connectivity index (χ4v) is 2.61. The van der Waals surface area contributed by atoms with Crippen molar-refractivity contribution >= 4 is 5.91 Å². The van der Waals surface area contributed by atoms with Gasteiger partial charge in [0.2, 0.25) is 0 Å². The first-order valence-corrected chi connectivity index (χ1v) is 9.12. The lowest BCUT2D eigenvalue weighted by molar-refractivity contribution is -0.127. The largest absolute Gasteiger partial charge is 0.491 e. The minimum Gasteiger partial charge on any atom is -0.491 e. The van der Waals surface area contributed by atoms with Gasteiger partial charge in [-0.05, 0) is 61.6 Å². The lowest BCUT2D eigenvalue weighted by Gasteiger charge is -2.17. The molecule has 1 N–H and O–H groups in total. The number of para-hydroxylation sites is 1. The minimum absolute atomic E-state index is 0.149. The molecule has 0 saturated heterocycles. The molecule has 0 fully saturated rings. The van der Waals surface area contributed by atoms with Crippen molar-refractivity contribution in [2.24, 2.45) is 0 Å². The van der Waals surface area contributed by atoms with Gasteiger partial charge >= 0.3 is 0 Å². The van der Waals surface area contributed by atoms with Crippen molar-refractivity contribution < 1.29 is 14.3 Å². The van der Waals surface area contributed by atoms with Gasteiger partial charge in [-0.2, -0.15) is 0 Å². The van der Waals surface area contributed by atoms with Crippen LogP contribution in [0.3, 0.4) is 0 Å². The van der Waals surface area contributed by atoms with Crippen LogP contribution >= 0.6 is 0 Å². The standard InChI is InChI=1S/C22H29NO3/c1-15(2)20-8-6-7-9-21(20)25-13-12-23-22(24)18(5)26-19-11-10-16(3)17(4)14-19/h6-11,14-15,18H,12-13H2,1-5H3,(H,23,24). The lowest BCUT2D eigenvalue weighted by Crippen LogP contribution is -2.38. The van der Waals surface area contributed by atoms with Crippen LogP contribution in [-0.4, -0.2) is 25.2 Å². The van der Waals surface area contributed by atoms with Gasteiger partial charge in [-0.3, -0.25) is 4.79 Å². The van der Waals surface area contributed by atoms with Crippen LogP contribution in [0.1, 0.15) is 43.4 Å². The number of rotatable bonds is 8. The van der Waals surface area contributed by atoms with Crippen LogP contribution in [-0.2, 0) is 4.79 Å². The molecule has 1 unspecified atom stereocenters. The average Bonchev–Trinajstić information content (AvgIpc) is 2.61. The summed E-state index contributed by atoms with van der Waals surface area (Å²) < 4.78 is 11.5. The molecule has 0 aromatic heterocycles. The monoisotopic (exact) mass is 355 g/mol. The summed E-state index contributed by atoms with van der Waals surface area (Å²) in [5.41, 5.74) is 3.52. The Labute approximate surface area is 156 Å². The van der Waals surface area contributed by atoms with E-state index in [9.17, 15) is 4.79 Å². The van der Waals surface area contributed by atoms with Crippen molar-refractivity contribution in [1.29, 1.82) is 0 Å². The topological polar surface area (TPSA) is 47.6 Å². The van der Waals surface area contributed by atoms with E-state index in [1.165, 1.54) is 11.1 Å². The van der Waals surface area contributed by atoms with Gasteiger partial charge in [-0.15, -0.1) is 0 Å². The first-order chi connectivity index (χ1) is 12.4. The molecule has 0 heterocycles. The smallest absolute Gasteiger partial charge is 0.260 e. The van der Waals surface area contributed by atoms with E-state index in [0.717, 1.165) is 11.3 Å². The number of benzene rings is 2. The van der Waals surface area contributed by atoms with Gasteiger partial charge in [0.1, 0.15) is 18.1 Å². The average molecular weight is 355 g/mol. The molecule has 2 aromatic rings. The number of nitrogens with one attached hydrogen (secondary N) is 1. The number of hydrogen-bond acceptors (Lipinski definition) is 3. The van der Waals surface area contributed by atoms with E-state index in [4.69, 9.17) is 9.47 Å². The number of ether oxygens (including phenoxy) is 2. The maximum atomic E-state index is 12.2. The molecule has 1 atom stereocenters. The van der Waals surface area contributed by atoms with Gasteiger partial charge in [0.15, 0.2) is 6.10 Å². The quantitative estimate of drug-likeness (QED) is 0.715. The first-order valence-electron chi connectivity index (χ1n) is 9.12. The van der Waals surface area contributed by atoms with E-state index in [1.807, 2.05) is 50.2 Å². The predicted molar refractivity (Wildman–Crippen MR) is 105 cm³/mol. The van der Waals surface area contributed by atoms with Gasteiger partial charge in [-0.25, -0.2) is 0 Å². The summed E-state index contributed by atoms with van der Waals surface area (Å²) >= 11 is 0. The van der Waals surface area contributed by atoms with Gasteiger partial charge in [0, 0.05) is 0 Å². The van der Waals surface area contributed by atoms with Gasteiger partial charge in [0.05, 0.1) is 6.54 Å². The van der Waals surface area contributed by atoms with Crippen LogP contribution in [0.2, 0.25) is 0 Å². The Bertz CT molecular complexity index is 740. The van der Waals surface area contributed by atoms with Crippen LogP contribution in [0.4, 0.5) is 0 Å². The molecule has 0 aliphatic rings. The SMILES string of the molecule is Cc1ccc(OC(C)C(=O)NCCOc2ccccc2C(C)C)cc1C. The van der Waals surface area contributed by atoms with Crippen LogP contribution in [0, 0.1) is 13.8 Å². The summed E-state index contributed by atoms with van der Waals surface area (Å²) in [7, 11) is 0. The third-order valence-corrected chi connectivity index (χ3v) is 4.36. The zero-order valence-electron chi connectivity index (χ0n) is 16.3. The summed E-state index contributed by atoms with van der Waals surface area (Å²) in [6.07, 6.45) is -0.556. The Morgan fingerprint density at radius 2 is 1.77 bits per heavy atom. The van der Waals surface area contributed by atoms with Crippen molar-refractivity contribution in [2.75, 3.05) is 13.2 Å². The van der Waals surface area contributed by atoms with E-state index in [-0.39, 0.29) is 5.91 Å². The summed E-state index contributed by atoms with van der Waals surface area (Å²) in [6, 6.07) is 13.8. The molecule has 140 valence electrons. The normalized spacial score (nSPS) is 11.9. The summed E-state index contributed by atoms with van der Waals surface area (Å²) in [5.74, 6) is 1.82. The van der Waals surface area contributed by atoms with Gasteiger partial charge < -0.3 is 14.8 Å².